The molecule has 3 N–H and O–H groups in total. The van der Waals surface area contributed by atoms with Crippen LogP contribution in [0.5, 0.6) is 0 Å². The first-order valence-corrected chi connectivity index (χ1v) is 3.24. The van der Waals surface area contributed by atoms with Gasteiger partial charge in [0, 0.05) is 30.1 Å². The lowest BCUT2D eigenvalue weighted by molar-refractivity contribution is 0.559. The maximum absolute atomic E-state index is 5.70. The summed E-state index contributed by atoms with van der Waals surface area (Å²) in [6.07, 6.45) is 2.73. The average Bonchev–Trinajstić information content (AvgIpc) is 2.18. The van der Waals surface area contributed by atoms with Gasteiger partial charge in [0.25, 0.3) is 0 Å². The van der Waals surface area contributed by atoms with Crippen LogP contribution in [0, 0.1) is 0 Å². The van der Waals surface area contributed by atoms with E-state index in [4.69, 9.17) is 17.5 Å². The smallest absolute Gasteiger partial charge is 0.103 e. The zero-order valence-corrected chi connectivity index (χ0v) is 5.86. The fourth-order valence-electron chi connectivity index (χ4n) is 0.757. The molecule has 52 valence electrons. The quantitative estimate of drug-likeness (QED) is 0.548. The van der Waals surface area contributed by atoms with Crippen LogP contribution in [0.3, 0.4) is 0 Å². The molecule has 0 saturated heterocycles. The summed E-state index contributed by atoms with van der Waals surface area (Å²) in [5.41, 5.74) is 6.39. The number of rotatable bonds is 2. The van der Waals surface area contributed by atoms with Crippen LogP contribution < -0.4 is 11.1 Å². The van der Waals surface area contributed by atoms with Crippen LogP contribution in [-0.2, 0) is 0 Å². The van der Waals surface area contributed by atoms with Gasteiger partial charge in [-0.2, -0.15) is 0 Å². The molecule has 0 atom stereocenters. The molecule has 0 aromatic carbocycles. The highest BCUT2D eigenvalue weighted by molar-refractivity contribution is 6.14. The number of nitrogens with one attached hydrogen (secondary N) is 1. The predicted molar refractivity (Wildman–Crippen MR) is 37.4 cm³/mol. The summed E-state index contributed by atoms with van der Waals surface area (Å²) in [5.74, 6) is 0. The fraction of sp³-hybridized carbons (Fsp3) is 0.600. The summed E-state index contributed by atoms with van der Waals surface area (Å²) in [6, 6.07) is 0. The molecule has 0 aromatic heterocycles. The number of nitrogens with zero attached hydrogens (tertiary/aromatic N) is 1. The van der Waals surface area contributed by atoms with E-state index in [0.29, 0.717) is 13.2 Å². The van der Waals surface area contributed by atoms with Crippen molar-refractivity contribution in [3.63, 3.8) is 0 Å². The Balaban J connectivity index is 2.38. The van der Waals surface area contributed by atoms with Gasteiger partial charge < -0.3 is 11.1 Å². The lowest BCUT2D eigenvalue weighted by Crippen LogP contribution is -2.14. The SMILES string of the molecule is NCCC1=CNCN1Cl. The molecular formula is C5H10ClN3. The Bertz CT molecular complexity index is 123. The van der Waals surface area contributed by atoms with Crippen molar-refractivity contribution in [2.75, 3.05) is 13.2 Å². The van der Waals surface area contributed by atoms with Crippen LogP contribution >= 0.6 is 11.8 Å². The van der Waals surface area contributed by atoms with Crippen molar-refractivity contribution in [1.29, 1.82) is 0 Å². The van der Waals surface area contributed by atoms with Crippen LogP contribution in [0.25, 0.3) is 0 Å². The minimum absolute atomic E-state index is 0.650. The molecule has 0 bridgehead atoms. The minimum Gasteiger partial charge on any atom is -0.371 e. The van der Waals surface area contributed by atoms with Crippen LogP contribution in [-0.4, -0.2) is 17.6 Å². The first kappa shape index (κ1) is 6.71. The molecule has 1 rings (SSSR count). The van der Waals surface area contributed by atoms with Crippen LogP contribution in [0.4, 0.5) is 0 Å². The molecule has 0 fully saturated rings. The molecule has 0 unspecified atom stereocenters. The Kier molecular flexibility index (Phi) is 2.19. The Morgan fingerprint density at radius 3 is 3.11 bits per heavy atom. The van der Waals surface area contributed by atoms with Crippen molar-refractivity contribution >= 4 is 11.8 Å². The van der Waals surface area contributed by atoms with E-state index in [-0.39, 0.29) is 0 Å². The molecule has 9 heavy (non-hydrogen) atoms. The topological polar surface area (TPSA) is 41.3 Å². The lowest BCUT2D eigenvalue weighted by Gasteiger charge is -2.08. The van der Waals surface area contributed by atoms with Gasteiger partial charge in [0.2, 0.25) is 0 Å². The Morgan fingerprint density at radius 2 is 2.67 bits per heavy atom. The number of hydrogen-bond acceptors (Lipinski definition) is 3. The number of hydrogen-bond donors (Lipinski definition) is 2. The summed E-state index contributed by atoms with van der Waals surface area (Å²) in [4.78, 5) is 0. The standard InChI is InChI=1S/C5H10ClN3/c6-9-4-8-3-5(9)1-2-7/h3,8H,1-2,4,7H2. The van der Waals surface area contributed by atoms with Gasteiger partial charge in [0.05, 0.1) is 0 Å². The van der Waals surface area contributed by atoms with Gasteiger partial charge in [-0.25, -0.2) is 0 Å². The highest BCUT2D eigenvalue weighted by atomic mass is 35.5. The van der Waals surface area contributed by atoms with E-state index in [1.54, 1.807) is 4.42 Å². The molecule has 0 radical (unpaired) electrons. The zero-order chi connectivity index (χ0) is 6.69. The van der Waals surface area contributed by atoms with Gasteiger partial charge in [-0.15, -0.1) is 0 Å². The van der Waals surface area contributed by atoms with Crippen molar-refractivity contribution in [2.24, 2.45) is 5.73 Å². The second-order valence-electron chi connectivity index (χ2n) is 1.90. The highest BCUT2D eigenvalue weighted by Gasteiger charge is 2.09. The van der Waals surface area contributed by atoms with Crippen molar-refractivity contribution in [3.05, 3.63) is 11.9 Å². The third-order valence-corrected chi connectivity index (χ3v) is 1.55. The van der Waals surface area contributed by atoms with Crippen LogP contribution in [0.15, 0.2) is 11.9 Å². The molecule has 1 aliphatic heterocycles. The van der Waals surface area contributed by atoms with Gasteiger partial charge in [0.1, 0.15) is 6.67 Å². The van der Waals surface area contributed by atoms with Gasteiger partial charge in [0.15, 0.2) is 0 Å². The van der Waals surface area contributed by atoms with Crippen molar-refractivity contribution in [3.8, 4) is 0 Å². The zero-order valence-electron chi connectivity index (χ0n) is 5.10. The monoisotopic (exact) mass is 147 g/mol. The van der Waals surface area contributed by atoms with E-state index in [1.807, 2.05) is 6.20 Å². The summed E-state index contributed by atoms with van der Waals surface area (Å²) in [7, 11) is 0. The second-order valence-corrected chi connectivity index (χ2v) is 2.31. The summed E-state index contributed by atoms with van der Waals surface area (Å²) >= 11 is 5.70. The molecule has 1 aliphatic rings. The van der Waals surface area contributed by atoms with E-state index in [0.717, 1.165) is 12.1 Å². The third-order valence-electron chi connectivity index (χ3n) is 1.21. The molecule has 1 heterocycles. The summed E-state index contributed by atoms with van der Waals surface area (Å²) in [5, 5.41) is 2.98. The largest absolute Gasteiger partial charge is 0.371 e. The minimum atomic E-state index is 0.650. The fourth-order valence-corrected chi connectivity index (χ4v) is 0.959. The summed E-state index contributed by atoms with van der Waals surface area (Å²) in [6.45, 7) is 1.34. The molecular weight excluding hydrogens is 138 g/mol. The first-order chi connectivity index (χ1) is 4.34. The van der Waals surface area contributed by atoms with E-state index in [2.05, 4.69) is 5.32 Å². The molecule has 0 aliphatic carbocycles. The molecule has 0 amide bonds. The highest BCUT2D eigenvalue weighted by Crippen LogP contribution is 2.12. The molecule has 0 saturated carbocycles. The maximum Gasteiger partial charge on any atom is 0.103 e. The summed E-state index contributed by atoms with van der Waals surface area (Å²) < 4.78 is 1.63. The average molecular weight is 148 g/mol. The number of nitrogens with two attached hydrogens (primary N) is 1. The van der Waals surface area contributed by atoms with E-state index >= 15 is 0 Å². The van der Waals surface area contributed by atoms with E-state index in [1.165, 1.54) is 0 Å². The van der Waals surface area contributed by atoms with Crippen LogP contribution in [0.2, 0.25) is 0 Å². The molecule has 0 aromatic rings. The van der Waals surface area contributed by atoms with E-state index < -0.39 is 0 Å². The second kappa shape index (κ2) is 2.94. The van der Waals surface area contributed by atoms with Gasteiger partial charge >= 0.3 is 0 Å². The van der Waals surface area contributed by atoms with Gasteiger partial charge in [-0.3, -0.25) is 4.42 Å². The molecule has 4 heteroatoms. The van der Waals surface area contributed by atoms with Crippen molar-refractivity contribution < 1.29 is 0 Å². The third kappa shape index (κ3) is 1.50. The number of halogens is 1. The van der Waals surface area contributed by atoms with Gasteiger partial charge in [-0.05, 0) is 6.54 Å². The molecule has 3 nitrogen and oxygen atoms in total. The Labute approximate surface area is 59.6 Å². The van der Waals surface area contributed by atoms with Crippen molar-refractivity contribution in [1.82, 2.24) is 9.74 Å². The predicted octanol–water partition coefficient (Wildman–Crippen LogP) is 0.193. The lowest BCUT2D eigenvalue weighted by atomic mass is 10.3. The Morgan fingerprint density at radius 1 is 1.89 bits per heavy atom. The first-order valence-electron chi connectivity index (χ1n) is 2.90. The van der Waals surface area contributed by atoms with Gasteiger partial charge in [-0.1, -0.05) is 0 Å². The normalized spacial score (nSPS) is 17.6. The van der Waals surface area contributed by atoms with E-state index in [9.17, 15) is 0 Å². The maximum atomic E-state index is 5.70. The van der Waals surface area contributed by atoms with Crippen LogP contribution in [0.1, 0.15) is 6.42 Å². The molecule has 0 spiro atoms. The Hall–Kier alpha value is -0.410. The van der Waals surface area contributed by atoms with Crippen molar-refractivity contribution in [2.45, 2.75) is 6.42 Å².